The summed E-state index contributed by atoms with van der Waals surface area (Å²) in [6.07, 6.45) is 2.53. The van der Waals surface area contributed by atoms with Gasteiger partial charge in [0.2, 0.25) is 0 Å². The highest BCUT2D eigenvalue weighted by Gasteiger charge is 2.37. The molecular weight excluding hydrogens is 188 g/mol. The molecule has 0 saturated carbocycles. The molecule has 0 spiro atoms. The van der Waals surface area contributed by atoms with Crippen LogP contribution in [0.2, 0.25) is 0 Å². The molecule has 15 heavy (non-hydrogen) atoms. The smallest absolute Gasteiger partial charge is 0.104 e. The predicted molar refractivity (Wildman–Crippen MR) is 63.7 cm³/mol. The minimum Gasteiger partial charge on any atom is -0.379 e. The van der Waals surface area contributed by atoms with Crippen molar-refractivity contribution in [3.05, 3.63) is 0 Å². The maximum atomic E-state index is 9.62. The molecule has 0 aromatic rings. The minimum atomic E-state index is -0.361. The van der Waals surface area contributed by atoms with Gasteiger partial charge in [-0.15, -0.1) is 0 Å². The molecule has 0 radical (unpaired) electrons. The van der Waals surface area contributed by atoms with Gasteiger partial charge in [0.1, 0.15) is 6.23 Å². The van der Waals surface area contributed by atoms with Crippen LogP contribution >= 0.6 is 0 Å². The molecule has 1 fully saturated rings. The van der Waals surface area contributed by atoms with Gasteiger partial charge in [0, 0.05) is 17.1 Å². The number of rotatable bonds is 3. The summed E-state index contributed by atoms with van der Waals surface area (Å²) in [5.41, 5.74) is 0.291. The number of aliphatic hydroxyl groups is 1. The monoisotopic (exact) mass is 214 g/mol. The molecule has 1 aliphatic heterocycles. The van der Waals surface area contributed by atoms with Crippen LogP contribution in [-0.2, 0) is 0 Å². The molecule has 0 aromatic carbocycles. The van der Waals surface area contributed by atoms with E-state index >= 15 is 0 Å². The van der Waals surface area contributed by atoms with Crippen LogP contribution in [0, 0.1) is 0 Å². The van der Waals surface area contributed by atoms with E-state index in [-0.39, 0.29) is 17.3 Å². The van der Waals surface area contributed by atoms with E-state index < -0.39 is 0 Å². The van der Waals surface area contributed by atoms with Crippen molar-refractivity contribution in [2.75, 3.05) is 0 Å². The number of nitrogens with one attached hydrogen (secondary N) is 2. The molecule has 3 heteroatoms. The van der Waals surface area contributed by atoms with Gasteiger partial charge in [-0.25, -0.2) is 0 Å². The fourth-order valence-electron chi connectivity index (χ4n) is 2.83. The minimum absolute atomic E-state index is 0.146. The lowest BCUT2D eigenvalue weighted by molar-refractivity contribution is 0.0748. The molecule has 3 N–H and O–H groups in total. The van der Waals surface area contributed by atoms with Crippen LogP contribution < -0.4 is 10.6 Å². The van der Waals surface area contributed by atoms with Crippen LogP contribution in [0.3, 0.4) is 0 Å². The van der Waals surface area contributed by atoms with Crippen LogP contribution in [0.25, 0.3) is 0 Å². The Labute approximate surface area is 93.6 Å². The molecule has 3 nitrogen and oxygen atoms in total. The van der Waals surface area contributed by atoms with Crippen molar-refractivity contribution in [2.24, 2.45) is 0 Å². The van der Waals surface area contributed by atoms with Gasteiger partial charge in [0.25, 0.3) is 0 Å². The largest absolute Gasteiger partial charge is 0.379 e. The Kier molecular flexibility index (Phi) is 3.80. The molecule has 0 aliphatic carbocycles. The van der Waals surface area contributed by atoms with E-state index in [0.717, 1.165) is 19.3 Å². The molecule has 1 unspecified atom stereocenters. The van der Waals surface area contributed by atoms with Gasteiger partial charge < -0.3 is 10.4 Å². The highest BCUT2D eigenvalue weighted by atomic mass is 16.3. The van der Waals surface area contributed by atoms with Crippen LogP contribution in [0.5, 0.6) is 0 Å². The number of hydrogen-bond acceptors (Lipinski definition) is 3. The molecular formula is C12H26N2O. The lowest BCUT2D eigenvalue weighted by Gasteiger charge is -2.47. The number of aliphatic hydroxyl groups excluding tert-OH is 1. The first-order chi connectivity index (χ1) is 6.74. The third-order valence-electron chi connectivity index (χ3n) is 3.00. The van der Waals surface area contributed by atoms with Gasteiger partial charge in [-0.1, -0.05) is 6.92 Å². The van der Waals surface area contributed by atoms with Crippen LogP contribution in [0.1, 0.15) is 53.9 Å². The summed E-state index contributed by atoms with van der Waals surface area (Å²) >= 11 is 0. The average molecular weight is 214 g/mol. The first kappa shape index (κ1) is 12.9. The summed E-state index contributed by atoms with van der Waals surface area (Å²) < 4.78 is 0. The van der Waals surface area contributed by atoms with E-state index in [0.29, 0.717) is 6.04 Å². The first-order valence-corrected chi connectivity index (χ1v) is 5.97. The maximum absolute atomic E-state index is 9.62. The Bertz CT molecular complexity index is 198. The second-order valence-electron chi connectivity index (χ2n) is 6.09. The van der Waals surface area contributed by atoms with E-state index in [9.17, 15) is 5.11 Å². The molecule has 0 aromatic heterocycles. The highest BCUT2D eigenvalue weighted by Crippen LogP contribution is 2.28. The summed E-state index contributed by atoms with van der Waals surface area (Å²) in [6.45, 7) is 10.9. The van der Waals surface area contributed by atoms with E-state index in [1.807, 2.05) is 6.92 Å². The van der Waals surface area contributed by atoms with E-state index in [4.69, 9.17) is 0 Å². The lowest BCUT2D eigenvalue weighted by Crippen LogP contribution is -2.62. The van der Waals surface area contributed by atoms with Gasteiger partial charge in [0.15, 0.2) is 0 Å². The number of hydrogen-bond donors (Lipinski definition) is 3. The van der Waals surface area contributed by atoms with Crippen molar-refractivity contribution in [3.63, 3.8) is 0 Å². The summed E-state index contributed by atoms with van der Waals surface area (Å²) in [7, 11) is 0. The number of piperidine rings is 1. The molecule has 90 valence electrons. The van der Waals surface area contributed by atoms with Crippen molar-refractivity contribution in [3.8, 4) is 0 Å². The Morgan fingerprint density at radius 1 is 1.27 bits per heavy atom. The second-order valence-corrected chi connectivity index (χ2v) is 6.09. The fraction of sp³-hybridized carbons (Fsp3) is 1.00. The quantitative estimate of drug-likeness (QED) is 0.625. The van der Waals surface area contributed by atoms with Crippen LogP contribution in [-0.4, -0.2) is 28.5 Å². The zero-order valence-corrected chi connectivity index (χ0v) is 10.7. The Morgan fingerprint density at radius 3 is 2.13 bits per heavy atom. The van der Waals surface area contributed by atoms with Crippen molar-refractivity contribution >= 4 is 0 Å². The predicted octanol–water partition coefficient (Wildman–Crippen LogP) is 1.61. The van der Waals surface area contributed by atoms with E-state index in [2.05, 4.69) is 38.3 Å². The zero-order valence-electron chi connectivity index (χ0n) is 10.7. The molecule has 1 aliphatic rings. The van der Waals surface area contributed by atoms with Crippen LogP contribution in [0.15, 0.2) is 0 Å². The van der Waals surface area contributed by atoms with Gasteiger partial charge in [-0.3, -0.25) is 5.32 Å². The Morgan fingerprint density at radius 2 is 1.73 bits per heavy atom. The zero-order chi connectivity index (χ0) is 11.7. The first-order valence-electron chi connectivity index (χ1n) is 5.97. The molecule has 0 bridgehead atoms. The molecule has 1 atom stereocenters. The molecule has 1 heterocycles. The highest BCUT2D eigenvalue weighted by molar-refractivity contribution is 4.99. The van der Waals surface area contributed by atoms with Crippen molar-refractivity contribution < 1.29 is 5.11 Å². The van der Waals surface area contributed by atoms with E-state index in [1.165, 1.54) is 0 Å². The third-order valence-corrected chi connectivity index (χ3v) is 3.00. The summed E-state index contributed by atoms with van der Waals surface area (Å²) in [5, 5.41) is 16.5. The van der Waals surface area contributed by atoms with Crippen molar-refractivity contribution in [1.29, 1.82) is 0 Å². The van der Waals surface area contributed by atoms with E-state index in [1.54, 1.807) is 0 Å². The molecule has 1 rings (SSSR count). The van der Waals surface area contributed by atoms with Crippen molar-refractivity contribution in [2.45, 2.75) is 77.2 Å². The van der Waals surface area contributed by atoms with Gasteiger partial charge in [0.05, 0.1) is 0 Å². The topological polar surface area (TPSA) is 44.3 Å². The Hall–Kier alpha value is -0.120. The molecule has 1 saturated heterocycles. The SMILES string of the molecule is CCC(O)NC1CC(C)(C)NC(C)(C)C1. The van der Waals surface area contributed by atoms with Gasteiger partial charge in [-0.05, 0) is 47.0 Å². The summed E-state index contributed by atoms with van der Waals surface area (Å²) in [5.74, 6) is 0. The summed E-state index contributed by atoms with van der Waals surface area (Å²) in [4.78, 5) is 0. The Balaban J connectivity index is 2.59. The van der Waals surface area contributed by atoms with Crippen LogP contribution in [0.4, 0.5) is 0 Å². The lowest BCUT2D eigenvalue weighted by atomic mass is 9.79. The third kappa shape index (κ3) is 4.09. The fourth-order valence-corrected chi connectivity index (χ4v) is 2.83. The standard InChI is InChI=1S/C12H26N2O/c1-6-10(15)13-9-7-11(2,3)14-12(4,5)8-9/h9-10,13-15H,6-8H2,1-5H3. The van der Waals surface area contributed by atoms with Crippen molar-refractivity contribution in [1.82, 2.24) is 10.6 Å². The normalized spacial score (nSPS) is 27.6. The average Bonchev–Trinajstić information content (AvgIpc) is 1.97. The maximum Gasteiger partial charge on any atom is 0.104 e. The second kappa shape index (κ2) is 4.40. The van der Waals surface area contributed by atoms with Gasteiger partial charge in [-0.2, -0.15) is 0 Å². The molecule has 0 amide bonds. The summed E-state index contributed by atoms with van der Waals surface area (Å²) in [6, 6.07) is 0.409. The van der Waals surface area contributed by atoms with Gasteiger partial charge >= 0.3 is 0 Å².